The molecule has 0 radical (unpaired) electrons. The van der Waals surface area contributed by atoms with E-state index in [-0.39, 0.29) is 0 Å². The second kappa shape index (κ2) is 7.99. The van der Waals surface area contributed by atoms with Gasteiger partial charge in [0, 0.05) is 24.2 Å². The Balaban J connectivity index is 2.18. The maximum atomic E-state index is 5.87. The minimum Gasteiger partial charge on any atom is -0.477 e. The number of rotatable bonds is 8. The van der Waals surface area contributed by atoms with Crippen molar-refractivity contribution in [1.82, 2.24) is 10.3 Å². The first-order valence-electron chi connectivity index (χ1n) is 7.95. The Morgan fingerprint density at radius 3 is 2.62 bits per heavy atom. The minimum absolute atomic E-state index is 0.466. The molecule has 0 atom stereocenters. The summed E-state index contributed by atoms with van der Waals surface area (Å²) in [5, 5.41) is 5.79. The van der Waals surface area contributed by atoms with Crippen LogP contribution >= 0.6 is 0 Å². The summed E-state index contributed by atoms with van der Waals surface area (Å²) < 4.78 is 5.87. The molecule has 0 spiro atoms. The van der Waals surface area contributed by atoms with Crippen LogP contribution in [0.15, 0.2) is 30.5 Å². The van der Waals surface area contributed by atoms with Gasteiger partial charge in [-0.3, -0.25) is 0 Å². The molecule has 0 aliphatic rings. The largest absolute Gasteiger partial charge is 0.477 e. The van der Waals surface area contributed by atoms with Gasteiger partial charge in [0.25, 0.3) is 0 Å². The van der Waals surface area contributed by atoms with Crippen LogP contribution in [0.2, 0.25) is 0 Å². The molecule has 0 bridgehead atoms. The van der Waals surface area contributed by atoms with Gasteiger partial charge >= 0.3 is 0 Å². The van der Waals surface area contributed by atoms with Gasteiger partial charge < -0.3 is 10.1 Å². The molecule has 21 heavy (non-hydrogen) atoms. The van der Waals surface area contributed by atoms with Crippen molar-refractivity contribution in [2.75, 3.05) is 6.61 Å². The molecule has 0 fully saturated rings. The van der Waals surface area contributed by atoms with E-state index >= 15 is 0 Å². The Morgan fingerprint density at radius 1 is 1.14 bits per heavy atom. The van der Waals surface area contributed by atoms with Gasteiger partial charge in [0.1, 0.15) is 0 Å². The van der Waals surface area contributed by atoms with Crippen LogP contribution in [0.25, 0.3) is 10.8 Å². The number of nitrogens with zero attached hydrogens (tertiary/aromatic N) is 1. The summed E-state index contributed by atoms with van der Waals surface area (Å²) in [6, 6.07) is 8.82. The van der Waals surface area contributed by atoms with Gasteiger partial charge in [0.2, 0.25) is 5.88 Å². The molecule has 1 heterocycles. The highest BCUT2D eigenvalue weighted by atomic mass is 16.5. The molecule has 1 N–H and O–H groups in total. The van der Waals surface area contributed by atoms with Crippen LogP contribution < -0.4 is 10.1 Å². The zero-order valence-electron chi connectivity index (χ0n) is 13.4. The zero-order chi connectivity index (χ0) is 15.1. The number of nitrogens with one attached hydrogen (secondary N) is 1. The van der Waals surface area contributed by atoms with Crippen molar-refractivity contribution in [3.63, 3.8) is 0 Å². The van der Waals surface area contributed by atoms with E-state index in [2.05, 4.69) is 49.3 Å². The second-order valence-corrected chi connectivity index (χ2v) is 5.73. The van der Waals surface area contributed by atoms with Crippen LogP contribution in [0.4, 0.5) is 0 Å². The number of unbranched alkanes of at least 4 members (excludes halogenated alkanes) is 2. The fourth-order valence-electron chi connectivity index (χ4n) is 2.32. The number of pyridine rings is 1. The fraction of sp³-hybridized carbons (Fsp3) is 0.500. The Labute approximate surface area is 127 Å². The number of hydrogen-bond donors (Lipinski definition) is 1. The van der Waals surface area contributed by atoms with Crippen molar-refractivity contribution >= 4 is 10.8 Å². The highest BCUT2D eigenvalue weighted by Crippen LogP contribution is 2.26. The second-order valence-electron chi connectivity index (χ2n) is 5.73. The first kappa shape index (κ1) is 15.8. The first-order valence-corrected chi connectivity index (χ1v) is 7.95. The van der Waals surface area contributed by atoms with E-state index < -0.39 is 0 Å². The van der Waals surface area contributed by atoms with E-state index in [0.717, 1.165) is 30.8 Å². The van der Waals surface area contributed by atoms with Crippen LogP contribution in [-0.4, -0.2) is 17.6 Å². The van der Waals surface area contributed by atoms with Crippen LogP contribution in [0.3, 0.4) is 0 Å². The molecule has 114 valence electrons. The SMILES string of the molecule is CCCCCOc1ncc(CNC(C)C)c2ccccc12. The average Bonchev–Trinajstić information content (AvgIpc) is 2.50. The van der Waals surface area contributed by atoms with Crippen molar-refractivity contribution in [2.45, 2.75) is 52.6 Å². The van der Waals surface area contributed by atoms with Gasteiger partial charge in [0.05, 0.1) is 6.61 Å². The predicted octanol–water partition coefficient (Wildman–Crippen LogP) is 4.30. The Morgan fingerprint density at radius 2 is 1.90 bits per heavy atom. The lowest BCUT2D eigenvalue weighted by Crippen LogP contribution is -2.22. The van der Waals surface area contributed by atoms with E-state index in [1.54, 1.807) is 0 Å². The molecule has 3 heteroatoms. The van der Waals surface area contributed by atoms with E-state index in [0.29, 0.717) is 6.04 Å². The highest BCUT2D eigenvalue weighted by Gasteiger charge is 2.08. The third kappa shape index (κ3) is 4.43. The normalized spacial score (nSPS) is 11.2. The predicted molar refractivity (Wildman–Crippen MR) is 88.7 cm³/mol. The summed E-state index contributed by atoms with van der Waals surface area (Å²) in [6.45, 7) is 8.08. The number of fused-ring (bicyclic) bond motifs is 1. The molecule has 0 aliphatic carbocycles. The summed E-state index contributed by atoms with van der Waals surface area (Å²) in [5.74, 6) is 0.759. The summed E-state index contributed by atoms with van der Waals surface area (Å²) >= 11 is 0. The topological polar surface area (TPSA) is 34.1 Å². The first-order chi connectivity index (χ1) is 10.2. The lowest BCUT2D eigenvalue weighted by Gasteiger charge is -2.13. The maximum absolute atomic E-state index is 5.87. The van der Waals surface area contributed by atoms with Crippen molar-refractivity contribution in [3.8, 4) is 5.88 Å². The summed E-state index contributed by atoms with van der Waals surface area (Å²) in [4.78, 5) is 4.52. The number of aromatic nitrogens is 1. The molecule has 1 aromatic carbocycles. The smallest absolute Gasteiger partial charge is 0.221 e. The molecule has 1 aromatic heterocycles. The molecule has 0 amide bonds. The standard InChI is InChI=1S/C18H26N2O/c1-4-5-8-11-21-18-17-10-7-6-9-16(17)15(13-20-18)12-19-14(2)3/h6-7,9-10,13-14,19H,4-5,8,11-12H2,1-3H3. The van der Waals surface area contributed by atoms with Gasteiger partial charge in [-0.15, -0.1) is 0 Å². The lowest BCUT2D eigenvalue weighted by atomic mass is 10.1. The molecule has 2 rings (SSSR count). The molecule has 0 unspecified atom stereocenters. The summed E-state index contributed by atoms with van der Waals surface area (Å²) in [6.07, 6.45) is 5.43. The highest BCUT2D eigenvalue weighted by molar-refractivity contribution is 5.89. The Hall–Kier alpha value is -1.61. The van der Waals surface area contributed by atoms with E-state index in [4.69, 9.17) is 4.74 Å². The third-order valence-electron chi connectivity index (χ3n) is 3.53. The molecule has 0 aliphatic heterocycles. The third-order valence-corrected chi connectivity index (χ3v) is 3.53. The molecule has 2 aromatic rings. The quantitative estimate of drug-likeness (QED) is 0.735. The fourth-order valence-corrected chi connectivity index (χ4v) is 2.32. The van der Waals surface area contributed by atoms with Gasteiger partial charge in [-0.1, -0.05) is 51.8 Å². The van der Waals surface area contributed by atoms with Gasteiger partial charge in [-0.05, 0) is 23.4 Å². The molecular formula is C18H26N2O. The number of benzene rings is 1. The van der Waals surface area contributed by atoms with Crippen molar-refractivity contribution in [1.29, 1.82) is 0 Å². The van der Waals surface area contributed by atoms with Crippen molar-refractivity contribution in [2.24, 2.45) is 0 Å². The molecular weight excluding hydrogens is 260 g/mol. The van der Waals surface area contributed by atoms with Crippen LogP contribution in [-0.2, 0) is 6.54 Å². The van der Waals surface area contributed by atoms with E-state index in [9.17, 15) is 0 Å². The monoisotopic (exact) mass is 286 g/mol. The van der Waals surface area contributed by atoms with Gasteiger partial charge in [-0.2, -0.15) is 0 Å². The molecule has 0 saturated heterocycles. The van der Waals surface area contributed by atoms with E-state index in [1.165, 1.54) is 23.8 Å². The van der Waals surface area contributed by atoms with Crippen LogP contribution in [0.1, 0.15) is 45.6 Å². The molecule has 0 saturated carbocycles. The zero-order valence-corrected chi connectivity index (χ0v) is 13.4. The maximum Gasteiger partial charge on any atom is 0.221 e. The van der Waals surface area contributed by atoms with Crippen molar-refractivity contribution in [3.05, 3.63) is 36.0 Å². The summed E-state index contributed by atoms with van der Waals surface area (Å²) in [5.41, 5.74) is 1.22. The van der Waals surface area contributed by atoms with Crippen molar-refractivity contribution < 1.29 is 4.74 Å². The number of ether oxygens (including phenoxy) is 1. The minimum atomic E-state index is 0.466. The van der Waals surface area contributed by atoms with Gasteiger partial charge in [-0.25, -0.2) is 4.98 Å². The van der Waals surface area contributed by atoms with Gasteiger partial charge in [0.15, 0.2) is 0 Å². The lowest BCUT2D eigenvalue weighted by molar-refractivity contribution is 0.298. The number of hydrogen-bond acceptors (Lipinski definition) is 3. The van der Waals surface area contributed by atoms with E-state index in [1.807, 2.05) is 12.3 Å². The Kier molecular flexibility index (Phi) is 6.00. The summed E-state index contributed by atoms with van der Waals surface area (Å²) in [7, 11) is 0. The molecule has 3 nitrogen and oxygen atoms in total. The average molecular weight is 286 g/mol. The van der Waals surface area contributed by atoms with Crippen LogP contribution in [0, 0.1) is 0 Å². The Bertz CT molecular complexity index is 566. The van der Waals surface area contributed by atoms with Crippen LogP contribution in [0.5, 0.6) is 5.88 Å².